The highest BCUT2D eigenvalue weighted by atomic mass is 35.5. The molecule has 12 nitrogen and oxygen atoms in total. The van der Waals surface area contributed by atoms with E-state index in [9.17, 15) is 14.9 Å². The number of rotatable bonds is 13. The van der Waals surface area contributed by atoms with Crippen molar-refractivity contribution in [2.45, 2.75) is 102 Å². The Bertz CT molecular complexity index is 2160. The predicted molar refractivity (Wildman–Crippen MR) is 239 cm³/mol. The lowest BCUT2D eigenvalue weighted by molar-refractivity contribution is -0.133. The van der Waals surface area contributed by atoms with Crippen LogP contribution in [0.2, 0.25) is 30.7 Å². The Morgan fingerprint density at radius 2 is 1.70 bits per heavy atom. The van der Waals surface area contributed by atoms with Gasteiger partial charge in [-0.15, -0.1) is 0 Å². The number of hydrogen-bond acceptors (Lipinski definition) is 9. The lowest BCUT2D eigenvalue weighted by Crippen LogP contribution is -2.53. The number of halogens is 2. The normalized spacial score (nSPS) is 22.5. The number of ether oxygens (including phenoxy) is 2. The van der Waals surface area contributed by atoms with Gasteiger partial charge in [-0.1, -0.05) is 31.2 Å². The number of hydrazine groups is 1. The number of amides is 3. The van der Waals surface area contributed by atoms with Gasteiger partial charge in [-0.3, -0.25) is 14.7 Å². The lowest BCUT2D eigenvalue weighted by atomic mass is 9.92. The Kier molecular flexibility index (Phi) is 13.3. The summed E-state index contributed by atoms with van der Waals surface area (Å²) in [6.45, 7) is 12.5. The van der Waals surface area contributed by atoms with Crippen molar-refractivity contribution in [1.29, 1.82) is 5.26 Å². The maximum atomic E-state index is 15.3. The molecule has 3 aromatic rings. The third-order valence-corrected chi connectivity index (χ3v) is 15.2. The van der Waals surface area contributed by atoms with E-state index >= 15 is 4.39 Å². The molecule has 0 spiro atoms. The SMILES string of the molecule is C[Si](C)(C)CCOCN1C(=O)CCN(c2cc(F)cc3c2ccn3C2CCN(CC3CCN(C4=CC=CNN4C4CCC(Oc5ccc(C#N)c(Cl)c5)CC4)CC3)CC2)C1=O. The quantitative estimate of drug-likeness (QED) is 0.133. The van der Waals surface area contributed by atoms with Crippen LogP contribution >= 0.6 is 11.6 Å². The molecular weight excluding hydrogens is 811 g/mol. The Morgan fingerprint density at radius 3 is 2.43 bits per heavy atom. The van der Waals surface area contributed by atoms with E-state index in [0.717, 1.165) is 107 Å². The van der Waals surface area contributed by atoms with Crippen molar-refractivity contribution in [1.82, 2.24) is 29.7 Å². The third-order valence-electron chi connectivity index (χ3n) is 13.2. The molecule has 8 rings (SSSR count). The molecule has 1 N–H and O–H groups in total. The number of nitrogens with one attached hydrogen (secondary N) is 1. The molecule has 3 saturated heterocycles. The van der Waals surface area contributed by atoms with Crippen molar-refractivity contribution in [3.05, 3.63) is 83.2 Å². The number of carbonyl (C=O) groups excluding carboxylic acids is 2. The molecule has 1 aromatic heterocycles. The Balaban J connectivity index is 0.812. The van der Waals surface area contributed by atoms with Crippen LogP contribution in [0.25, 0.3) is 10.9 Å². The van der Waals surface area contributed by atoms with E-state index in [4.69, 9.17) is 21.1 Å². The van der Waals surface area contributed by atoms with E-state index in [1.807, 2.05) is 24.5 Å². The molecule has 0 radical (unpaired) electrons. The number of benzene rings is 2. The zero-order valence-corrected chi connectivity index (χ0v) is 37.6. The maximum absolute atomic E-state index is 15.3. The molecule has 326 valence electrons. The van der Waals surface area contributed by atoms with Gasteiger partial charge in [0.1, 0.15) is 30.2 Å². The lowest BCUT2D eigenvalue weighted by Gasteiger charge is -2.46. The second-order valence-electron chi connectivity index (χ2n) is 18.6. The molecule has 1 saturated carbocycles. The number of carbonyl (C=O) groups is 2. The number of nitrogens with zero attached hydrogens (tertiary/aromatic N) is 7. The van der Waals surface area contributed by atoms with Crippen LogP contribution in [-0.2, 0) is 9.53 Å². The molecule has 61 heavy (non-hydrogen) atoms. The van der Waals surface area contributed by atoms with E-state index in [1.165, 1.54) is 16.8 Å². The van der Waals surface area contributed by atoms with Crippen LogP contribution in [0.5, 0.6) is 5.75 Å². The molecule has 0 atom stereocenters. The van der Waals surface area contributed by atoms with Gasteiger partial charge in [0.05, 0.1) is 33.9 Å². The highest BCUT2D eigenvalue weighted by Gasteiger charge is 2.36. The van der Waals surface area contributed by atoms with Gasteiger partial charge >= 0.3 is 6.03 Å². The molecule has 4 fully saturated rings. The number of piperidine rings is 2. The molecule has 1 aliphatic carbocycles. The summed E-state index contributed by atoms with van der Waals surface area (Å²) in [5.41, 5.74) is 5.30. The van der Waals surface area contributed by atoms with E-state index in [0.29, 0.717) is 34.8 Å². The number of imide groups is 1. The first kappa shape index (κ1) is 43.1. The van der Waals surface area contributed by atoms with Crippen molar-refractivity contribution in [2.24, 2.45) is 5.92 Å². The van der Waals surface area contributed by atoms with Crippen LogP contribution in [-0.4, -0.2) is 109 Å². The fourth-order valence-electron chi connectivity index (χ4n) is 9.64. The number of aromatic nitrogens is 1. The van der Waals surface area contributed by atoms with E-state index < -0.39 is 19.9 Å². The highest BCUT2D eigenvalue weighted by Crippen LogP contribution is 2.37. The van der Waals surface area contributed by atoms with E-state index in [-0.39, 0.29) is 37.7 Å². The standard InChI is InChI=1S/C46H60ClFN8O4Si/c1-61(2,3)26-25-59-32-55-45(57)17-24-54(46(55)58)43-28-35(48)27-42-40(43)16-23-53(42)36-14-19-51(20-15-36)31-33-12-21-52(22-13-33)44-5-4-18-50-56(44)37-7-10-38(11-8-37)60-39-9-6-34(30-49)41(47)29-39/h4-6,9,16,18,23,27-29,33,36-38,50H,7-8,10-15,17,19-22,24-26,31-32H2,1-3H3. The van der Waals surface area contributed by atoms with Crippen molar-refractivity contribution in [2.75, 3.05) is 57.5 Å². The van der Waals surface area contributed by atoms with Crippen LogP contribution in [0, 0.1) is 23.1 Å². The van der Waals surface area contributed by atoms with Gasteiger partial charge in [-0.2, -0.15) is 5.26 Å². The van der Waals surface area contributed by atoms with Gasteiger partial charge in [0.15, 0.2) is 0 Å². The van der Waals surface area contributed by atoms with E-state index in [1.54, 1.807) is 23.1 Å². The van der Waals surface area contributed by atoms with Crippen molar-refractivity contribution >= 4 is 48.2 Å². The minimum atomic E-state index is -1.32. The molecule has 2 aromatic carbocycles. The summed E-state index contributed by atoms with van der Waals surface area (Å²) >= 11 is 6.25. The van der Waals surface area contributed by atoms with Crippen LogP contribution < -0.4 is 15.1 Å². The second kappa shape index (κ2) is 18.8. The number of hydrogen-bond donors (Lipinski definition) is 1. The summed E-state index contributed by atoms with van der Waals surface area (Å²) < 4.78 is 29.6. The van der Waals surface area contributed by atoms with Crippen LogP contribution in [0.4, 0.5) is 14.9 Å². The number of likely N-dealkylation sites (tertiary alicyclic amines) is 2. The highest BCUT2D eigenvalue weighted by molar-refractivity contribution is 6.76. The number of anilines is 1. The summed E-state index contributed by atoms with van der Waals surface area (Å²) in [5.74, 6) is 1.96. The zero-order valence-electron chi connectivity index (χ0n) is 35.8. The van der Waals surface area contributed by atoms with Gasteiger partial charge in [0.2, 0.25) is 5.91 Å². The Morgan fingerprint density at radius 1 is 0.934 bits per heavy atom. The first-order valence-corrected chi connectivity index (χ1v) is 26.3. The summed E-state index contributed by atoms with van der Waals surface area (Å²) in [7, 11) is -1.32. The second-order valence-corrected chi connectivity index (χ2v) is 24.6. The Labute approximate surface area is 365 Å². The fraction of sp³-hybridized carbons (Fsp3) is 0.543. The average Bonchev–Trinajstić information content (AvgIpc) is 3.67. The average molecular weight is 872 g/mol. The van der Waals surface area contributed by atoms with Gasteiger partial charge in [0, 0.05) is 90.3 Å². The molecule has 4 aliphatic heterocycles. The number of nitriles is 1. The largest absolute Gasteiger partial charge is 0.490 e. The van der Waals surface area contributed by atoms with Crippen LogP contribution in [0.1, 0.15) is 69.4 Å². The molecule has 3 amide bonds. The minimum absolute atomic E-state index is 0.0830. The topological polar surface area (TPSA) is 110 Å². The minimum Gasteiger partial charge on any atom is -0.490 e. The molecule has 5 aliphatic rings. The van der Waals surface area contributed by atoms with Gasteiger partial charge in [-0.05, 0) is 106 Å². The first-order chi connectivity index (χ1) is 29.4. The van der Waals surface area contributed by atoms with Gasteiger partial charge in [-0.25, -0.2) is 14.1 Å². The van der Waals surface area contributed by atoms with E-state index in [2.05, 4.69) is 62.7 Å². The van der Waals surface area contributed by atoms with Crippen LogP contribution in [0.15, 0.2) is 66.8 Å². The van der Waals surface area contributed by atoms with Gasteiger partial charge < -0.3 is 29.3 Å². The first-order valence-electron chi connectivity index (χ1n) is 22.2. The summed E-state index contributed by atoms with van der Waals surface area (Å²) in [5, 5.41) is 12.8. The van der Waals surface area contributed by atoms with Crippen molar-refractivity contribution < 1.29 is 23.5 Å². The Hall–Kier alpha value is -4.55. The zero-order chi connectivity index (χ0) is 42.7. The molecule has 0 unspecified atom stereocenters. The maximum Gasteiger partial charge on any atom is 0.333 e. The summed E-state index contributed by atoms with van der Waals surface area (Å²) in [4.78, 5) is 34.3. The number of allylic oxidation sites excluding steroid dienone is 2. The fourth-order valence-corrected chi connectivity index (χ4v) is 10.6. The molecule has 5 heterocycles. The molecule has 0 bridgehead atoms. The molecular formula is C46H60ClFN8O4Si. The van der Waals surface area contributed by atoms with Crippen molar-refractivity contribution in [3.63, 3.8) is 0 Å². The predicted octanol–water partition coefficient (Wildman–Crippen LogP) is 8.69. The van der Waals surface area contributed by atoms with Crippen molar-refractivity contribution in [3.8, 4) is 11.8 Å². The summed E-state index contributed by atoms with van der Waals surface area (Å²) in [6, 6.07) is 13.5. The number of urea groups is 1. The summed E-state index contributed by atoms with van der Waals surface area (Å²) in [6.07, 6.45) is 16.9. The smallest absolute Gasteiger partial charge is 0.333 e. The molecule has 15 heteroatoms. The third kappa shape index (κ3) is 10.1. The monoisotopic (exact) mass is 870 g/mol. The van der Waals surface area contributed by atoms with Crippen LogP contribution in [0.3, 0.4) is 0 Å². The number of fused-ring (bicyclic) bond motifs is 1. The van der Waals surface area contributed by atoms with Gasteiger partial charge in [0.25, 0.3) is 0 Å².